The van der Waals surface area contributed by atoms with Crippen molar-refractivity contribution < 1.29 is 9.18 Å². The predicted molar refractivity (Wildman–Crippen MR) is 163 cm³/mol. The summed E-state index contributed by atoms with van der Waals surface area (Å²) < 4.78 is 16.1. The molecule has 5 aromatic rings. The van der Waals surface area contributed by atoms with Gasteiger partial charge in [-0.15, -0.1) is 0 Å². The quantitative estimate of drug-likeness (QED) is 0.205. The summed E-state index contributed by atoms with van der Waals surface area (Å²) in [7, 11) is 0. The Hall–Kier alpha value is -4.22. The molecule has 1 unspecified atom stereocenters. The minimum atomic E-state index is -0.266. The first-order valence-electron chi connectivity index (χ1n) is 14.6. The number of aromatic nitrogens is 1. The lowest BCUT2D eigenvalue weighted by atomic mass is 9.87. The van der Waals surface area contributed by atoms with E-state index in [9.17, 15) is 9.18 Å². The fourth-order valence-electron chi connectivity index (χ4n) is 6.33. The van der Waals surface area contributed by atoms with Gasteiger partial charge in [-0.1, -0.05) is 91.0 Å². The Morgan fingerprint density at radius 1 is 0.732 bits per heavy atom. The normalized spacial score (nSPS) is 15.0. The van der Waals surface area contributed by atoms with Crippen LogP contribution in [0.2, 0.25) is 0 Å². The summed E-state index contributed by atoms with van der Waals surface area (Å²) in [6, 6.07) is 36.4. The molecule has 6 rings (SSSR count). The van der Waals surface area contributed by atoms with Gasteiger partial charge >= 0.3 is 0 Å². The fraction of sp³-hybridized carbons (Fsp3) is 0.250. The van der Waals surface area contributed by atoms with Crippen molar-refractivity contribution in [1.82, 2.24) is 14.4 Å². The van der Waals surface area contributed by atoms with Crippen LogP contribution in [-0.2, 0) is 11.3 Å². The molecule has 1 fully saturated rings. The molecule has 41 heavy (non-hydrogen) atoms. The highest BCUT2D eigenvalue weighted by Crippen LogP contribution is 2.36. The van der Waals surface area contributed by atoms with Gasteiger partial charge in [-0.3, -0.25) is 9.69 Å². The Balaban J connectivity index is 1.23. The average molecular weight is 546 g/mol. The lowest BCUT2D eigenvalue weighted by molar-refractivity contribution is -0.133. The number of hydrogen-bond acceptors (Lipinski definition) is 2. The Kier molecular flexibility index (Phi) is 7.97. The molecule has 0 aliphatic carbocycles. The van der Waals surface area contributed by atoms with E-state index in [1.54, 1.807) is 0 Å². The molecule has 1 aliphatic rings. The molecule has 2 heterocycles. The molecule has 1 aliphatic heterocycles. The summed E-state index contributed by atoms with van der Waals surface area (Å²) in [5.41, 5.74) is 5.77. The van der Waals surface area contributed by atoms with Gasteiger partial charge in [-0.2, -0.15) is 0 Å². The number of rotatable bonds is 8. The molecule has 0 radical (unpaired) electrons. The minimum Gasteiger partial charge on any atom is -0.347 e. The van der Waals surface area contributed by atoms with Crippen LogP contribution in [0.25, 0.3) is 10.9 Å². The first-order chi connectivity index (χ1) is 20.1. The van der Waals surface area contributed by atoms with Crippen molar-refractivity contribution in [3.63, 3.8) is 0 Å². The van der Waals surface area contributed by atoms with Crippen LogP contribution in [0.5, 0.6) is 0 Å². The van der Waals surface area contributed by atoms with Gasteiger partial charge in [0.2, 0.25) is 5.91 Å². The first-order valence-corrected chi connectivity index (χ1v) is 14.6. The maximum absolute atomic E-state index is 13.9. The van der Waals surface area contributed by atoms with Crippen molar-refractivity contribution in [1.29, 1.82) is 0 Å². The van der Waals surface area contributed by atoms with Crippen LogP contribution in [0, 0.1) is 5.82 Å². The summed E-state index contributed by atoms with van der Waals surface area (Å²) in [6.45, 7) is 5.94. The Labute approximate surface area is 241 Å². The Morgan fingerprint density at radius 3 is 1.93 bits per heavy atom. The highest BCUT2D eigenvalue weighted by molar-refractivity contribution is 5.86. The molecular weight excluding hydrogens is 509 g/mol. The van der Waals surface area contributed by atoms with Crippen molar-refractivity contribution in [2.24, 2.45) is 0 Å². The van der Waals surface area contributed by atoms with E-state index in [1.165, 1.54) is 23.3 Å². The molecule has 0 bridgehead atoms. The number of aryl methyl sites for hydroxylation is 1. The van der Waals surface area contributed by atoms with Gasteiger partial charge in [0.05, 0.1) is 6.04 Å². The summed E-state index contributed by atoms with van der Waals surface area (Å²) in [4.78, 5) is 18.4. The van der Waals surface area contributed by atoms with E-state index < -0.39 is 0 Å². The Bertz CT molecular complexity index is 1550. The van der Waals surface area contributed by atoms with E-state index in [1.807, 2.05) is 29.2 Å². The third kappa shape index (κ3) is 5.68. The molecule has 1 aromatic heterocycles. The van der Waals surface area contributed by atoms with Crippen LogP contribution in [0.1, 0.15) is 47.6 Å². The zero-order chi connectivity index (χ0) is 28.2. The average Bonchev–Trinajstić information content (AvgIpc) is 3.40. The molecule has 1 amide bonds. The topological polar surface area (TPSA) is 28.5 Å². The second kappa shape index (κ2) is 12.1. The summed E-state index contributed by atoms with van der Waals surface area (Å²) in [6.07, 6.45) is 2.53. The maximum Gasteiger partial charge on any atom is 0.223 e. The molecule has 5 heteroatoms. The van der Waals surface area contributed by atoms with Crippen molar-refractivity contribution in [2.75, 3.05) is 26.2 Å². The number of piperazine rings is 1. The highest BCUT2D eigenvalue weighted by atomic mass is 19.1. The lowest BCUT2D eigenvalue weighted by Gasteiger charge is -2.40. The van der Waals surface area contributed by atoms with Crippen LogP contribution in [0.4, 0.5) is 4.39 Å². The number of amides is 1. The van der Waals surface area contributed by atoms with Crippen LogP contribution >= 0.6 is 0 Å². The number of fused-ring (bicyclic) bond motifs is 1. The van der Waals surface area contributed by atoms with Gasteiger partial charge in [0, 0.05) is 62.2 Å². The van der Waals surface area contributed by atoms with Gasteiger partial charge < -0.3 is 9.47 Å². The fourth-order valence-corrected chi connectivity index (χ4v) is 6.33. The van der Waals surface area contributed by atoms with Crippen molar-refractivity contribution in [2.45, 2.75) is 31.8 Å². The van der Waals surface area contributed by atoms with Gasteiger partial charge in [0.15, 0.2) is 0 Å². The number of para-hydroxylation sites is 1. The van der Waals surface area contributed by atoms with Gasteiger partial charge in [-0.05, 0) is 47.4 Å². The number of nitrogens with zero attached hydrogens (tertiary/aromatic N) is 3. The van der Waals surface area contributed by atoms with Gasteiger partial charge in [0.25, 0.3) is 0 Å². The van der Waals surface area contributed by atoms with Gasteiger partial charge in [0.1, 0.15) is 5.82 Å². The number of benzene rings is 4. The number of carbonyl (C=O) groups is 1. The smallest absolute Gasteiger partial charge is 0.223 e. The van der Waals surface area contributed by atoms with Crippen LogP contribution in [0.15, 0.2) is 115 Å². The van der Waals surface area contributed by atoms with E-state index >= 15 is 0 Å². The third-order valence-corrected chi connectivity index (χ3v) is 8.45. The molecule has 0 saturated carbocycles. The molecule has 0 spiro atoms. The lowest BCUT2D eigenvalue weighted by Crippen LogP contribution is -2.50. The molecular formula is C36H36FN3O. The Morgan fingerprint density at radius 2 is 1.32 bits per heavy atom. The van der Waals surface area contributed by atoms with Crippen molar-refractivity contribution >= 4 is 16.8 Å². The van der Waals surface area contributed by atoms with Crippen LogP contribution < -0.4 is 0 Å². The maximum atomic E-state index is 13.9. The molecule has 1 saturated heterocycles. The monoisotopic (exact) mass is 545 g/mol. The van der Waals surface area contributed by atoms with Crippen molar-refractivity contribution in [3.05, 3.63) is 143 Å². The third-order valence-electron chi connectivity index (χ3n) is 8.45. The van der Waals surface area contributed by atoms with E-state index in [0.717, 1.165) is 41.7 Å². The van der Waals surface area contributed by atoms with Crippen LogP contribution in [-0.4, -0.2) is 46.5 Å². The van der Waals surface area contributed by atoms with Crippen LogP contribution in [0.3, 0.4) is 0 Å². The molecule has 0 N–H and O–H groups in total. The van der Waals surface area contributed by atoms with Crippen molar-refractivity contribution in [3.8, 4) is 0 Å². The number of hydrogen-bond donors (Lipinski definition) is 0. The molecule has 4 nitrogen and oxygen atoms in total. The standard InChI is InChI=1S/C36H36FN3O/c1-2-38-26-33(31-15-9-10-16-34(31)38)32(27-17-19-30(37)20-18-27)25-35(41)39-21-23-40(24-22-39)36(28-11-5-3-6-12-28)29-13-7-4-8-14-29/h3-20,26,32,36H,2,21-25H2,1H3. The summed E-state index contributed by atoms with van der Waals surface area (Å²) in [5.74, 6) is -0.277. The van der Waals surface area contributed by atoms with E-state index in [-0.39, 0.29) is 23.7 Å². The first kappa shape index (κ1) is 27.0. The van der Waals surface area contributed by atoms with E-state index in [4.69, 9.17) is 0 Å². The van der Waals surface area contributed by atoms with Gasteiger partial charge in [-0.25, -0.2) is 4.39 Å². The largest absolute Gasteiger partial charge is 0.347 e. The number of halogens is 1. The zero-order valence-electron chi connectivity index (χ0n) is 23.5. The summed E-state index contributed by atoms with van der Waals surface area (Å²) >= 11 is 0. The second-order valence-corrected chi connectivity index (χ2v) is 10.8. The zero-order valence-corrected chi connectivity index (χ0v) is 23.5. The SMILES string of the molecule is CCn1cc(C(CC(=O)N2CCN(C(c3ccccc3)c3ccccc3)CC2)c2ccc(F)cc2)c2ccccc21. The minimum absolute atomic E-state index is 0.142. The molecule has 208 valence electrons. The molecule has 4 aromatic carbocycles. The molecule has 1 atom stereocenters. The van der Waals surface area contributed by atoms with E-state index in [2.05, 4.69) is 95.4 Å². The highest BCUT2D eigenvalue weighted by Gasteiger charge is 2.30. The number of carbonyl (C=O) groups excluding carboxylic acids is 1. The van der Waals surface area contributed by atoms with E-state index in [0.29, 0.717) is 19.5 Å². The predicted octanol–water partition coefficient (Wildman–Crippen LogP) is 7.26. The second-order valence-electron chi connectivity index (χ2n) is 10.8. The summed E-state index contributed by atoms with van der Waals surface area (Å²) in [5, 5.41) is 1.15.